The first-order chi connectivity index (χ1) is 12.6. The molecule has 2 aromatic carbocycles. The van der Waals surface area contributed by atoms with Crippen LogP contribution < -0.4 is 10.2 Å². The van der Waals surface area contributed by atoms with Crippen LogP contribution in [0.25, 0.3) is 0 Å². The van der Waals surface area contributed by atoms with Crippen LogP contribution in [0.1, 0.15) is 24.8 Å². The molecule has 1 saturated heterocycles. The van der Waals surface area contributed by atoms with E-state index >= 15 is 0 Å². The highest BCUT2D eigenvalue weighted by Crippen LogP contribution is 2.24. The zero-order valence-corrected chi connectivity index (χ0v) is 14.6. The summed E-state index contributed by atoms with van der Waals surface area (Å²) in [6.07, 6.45) is 0.609. The summed E-state index contributed by atoms with van der Waals surface area (Å²) in [5, 5.41) is 2.89. The van der Waals surface area contributed by atoms with E-state index in [9.17, 15) is 14.0 Å². The third-order valence-electron chi connectivity index (χ3n) is 4.43. The number of carbonyl (C=O) groups excluding carboxylic acids is 2. The van der Waals surface area contributed by atoms with Crippen LogP contribution >= 0.6 is 0 Å². The Labute approximate surface area is 151 Å². The molecule has 136 valence electrons. The van der Waals surface area contributed by atoms with Gasteiger partial charge in [0.05, 0.1) is 12.5 Å². The largest absolute Gasteiger partial charge is 0.370 e. The minimum atomic E-state index is -0.351. The highest BCUT2D eigenvalue weighted by molar-refractivity contribution is 5.97. The monoisotopic (exact) mass is 356 g/mol. The molecule has 26 heavy (non-hydrogen) atoms. The van der Waals surface area contributed by atoms with Gasteiger partial charge in [-0.3, -0.25) is 9.59 Å². The van der Waals surface area contributed by atoms with Gasteiger partial charge in [-0.25, -0.2) is 4.39 Å². The molecule has 0 aromatic heterocycles. The van der Waals surface area contributed by atoms with E-state index in [4.69, 9.17) is 4.74 Å². The van der Waals surface area contributed by atoms with Crippen LogP contribution in [0.2, 0.25) is 0 Å². The maximum atomic E-state index is 13.1. The van der Waals surface area contributed by atoms with Gasteiger partial charge < -0.3 is 15.0 Å². The number of carbonyl (C=O) groups is 2. The van der Waals surface area contributed by atoms with Gasteiger partial charge in [-0.15, -0.1) is 0 Å². The van der Waals surface area contributed by atoms with E-state index in [1.54, 1.807) is 41.3 Å². The Bertz CT molecular complexity index is 775. The second-order valence-electron chi connectivity index (χ2n) is 6.15. The van der Waals surface area contributed by atoms with Gasteiger partial charge in [-0.2, -0.15) is 0 Å². The molecule has 0 radical (unpaired) electrons. The third-order valence-corrected chi connectivity index (χ3v) is 4.43. The van der Waals surface area contributed by atoms with E-state index in [2.05, 4.69) is 5.32 Å². The Morgan fingerprint density at radius 2 is 1.88 bits per heavy atom. The van der Waals surface area contributed by atoms with Gasteiger partial charge in [0.15, 0.2) is 0 Å². The lowest BCUT2D eigenvalue weighted by Gasteiger charge is -2.27. The highest BCUT2D eigenvalue weighted by Gasteiger charge is 2.21. The maximum absolute atomic E-state index is 13.1. The molecule has 3 rings (SSSR count). The molecule has 1 aliphatic heterocycles. The lowest BCUT2D eigenvalue weighted by molar-refractivity contribution is -0.125. The van der Waals surface area contributed by atoms with Crippen LogP contribution in [0.5, 0.6) is 0 Å². The second-order valence-corrected chi connectivity index (χ2v) is 6.15. The topological polar surface area (TPSA) is 58.6 Å². The lowest BCUT2D eigenvalue weighted by atomic mass is 9.95. The highest BCUT2D eigenvalue weighted by atomic mass is 19.1. The minimum Gasteiger partial charge on any atom is -0.370 e. The fraction of sp³-hybridized carbons (Fsp3) is 0.300. The van der Waals surface area contributed by atoms with Gasteiger partial charge >= 0.3 is 0 Å². The van der Waals surface area contributed by atoms with Crippen LogP contribution in [-0.2, 0) is 14.3 Å². The number of amides is 2. The number of ether oxygens (including phenoxy) is 1. The van der Waals surface area contributed by atoms with Crippen LogP contribution in [0.3, 0.4) is 0 Å². The molecule has 0 bridgehead atoms. The summed E-state index contributed by atoms with van der Waals surface area (Å²) in [7, 11) is 0. The van der Waals surface area contributed by atoms with Gasteiger partial charge in [-0.1, -0.05) is 19.1 Å². The molecular weight excluding hydrogens is 335 g/mol. The average Bonchev–Trinajstić information content (AvgIpc) is 2.65. The van der Waals surface area contributed by atoms with Gasteiger partial charge in [0.2, 0.25) is 5.91 Å². The Kier molecular flexibility index (Phi) is 5.63. The van der Waals surface area contributed by atoms with E-state index in [1.807, 2.05) is 6.92 Å². The van der Waals surface area contributed by atoms with Crippen molar-refractivity contribution in [2.24, 2.45) is 0 Å². The summed E-state index contributed by atoms with van der Waals surface area (Å²) in [6, 6.07) is 13.1. The van der Waals surface area contributed by atoms with Crippen molar-refractivity contribution in [2.45, 2.75) is 19.3 Å². The van der Waals surface area contributed by atoms with Gasteiger partial charge in [0, 0.05) is 17.9 Å². The molecular formula is C20H21FN2O3. The molecule has 0 aliphatic carbocycles. The number of anilines is 2. The SMILES string of the molecule is CCC(C(=O)Nc1ccc(N2CCOCC2=O)cc1)c1ccc(F)cc1. The summed E-state index contributed by atoms with van der Waals surface area (Å²) in [4.78, 5) is 26.1. The van der Waals surface area contributed by atoms with Crippen LogP contribution in [0, 0.1) is 5.82 Å². The molecule has 5 nitrogen and oxygen atoms in total. The molecule has 6 heteroatoms. The normalized spacial score (nSPS) is 15.6. The van der Waals surface area contributed by atoms with Crippen molar-refractivity contribution in [1.82, 2.24) is 0 Å². The molecule has 1 atom stereocenters. The summed E-state index contributed by atoms with van der Waals surface area (Å²) < 4.78 is 18.2. The van der Waals surface area contributed by atoms with Crippen LogP contribution in [0.15, 0.2) is 48.5 Å². The molecule has 0 saturated carbocycles. The summed E-state index contributed by atoms with van der Waals surface area (Å²) in [5.74, 6) is -0.891. The first-order valence-electron chi connectivity index (χ1n) is 8.63. The van der Waals surface area contributed by atoms with E-state index in [0.29, 0.717) is 25.3 Å². The van der Waals surface area contributed by atoms with E-state index < -0.39 is 0 Å². The first kappa shape index (κ1) is 18.1. The fourth-order valence-corrected chi connectivity index (χ4v) is 3.01. The van der Waals surface area contributed by atoms with E-state index in [1.165, 1.54) is 12.1 Å². The van der Waals surface area contributed by atoms with E-state index in [-0.39, 0.29) is 30.2 Å². The minimum absolute atomic E-state index is 0.0737. The standard InChI is InChI=1S/C20H21FN2O3/c1-2-18(14-3-5-15(21)6-4-14)20(25)22-16-7-9-17(10-8-16)23-11-12-26-13-19(23)24/h3-10,18H,2,11-13H2,1H3,(H,22,25). The average molecular weight is 356 g/mol. The smallest absolute Gasteiger partial charge is 0.253 e. The molecule has 1 fully saturated rings. The lowest BCUT2D eigenvalue weighted by Crippen LogP contribution is -2.41. The molecule has 2 amide bonds. The number of nitrogens with one attached hydrogen (secondary N) is 1. The number of halogens is 1. The van der Waals surface area contributed by atoms with Crippen molar-refractivity contribution < 1.29 is 18.7 Å². The predicted molar refractivity (Wildman–Crippen MR) is 97.7 cm³/mol. The molecule has 1 N–H and O–H groups in total. The number of hydrogen-bond acceptors (Lipinski definition) is 3. The van der Waals surface area contributed by atoms with Crippen LogP contribution in [-0.4, -0.2) is 31.6 Å². The molecule has 1 aliphatic rings. The third kappa shape index (κ3) is 4.08. The second kappa shape index (κ2) is 8.10. The number of rotatable bonds is 5. The zero-order valence-electron chi connectivity index (χ0n) is 14.6. The first-order valence-corrected chi connectivity index (χ1v) is 8.63. The zero-order chi connectivity index (χ0) is 18.5. The Hall–Kier alpha value is -2.73. The summed E-state index contributed by atoms with van der Waals surface area (Å²) >= 11 is 0. The van der Waals surface area contributed by atoms with E-state index in [0.717, 1.165) is 11.3 Å². The van der Waals surface area contributed by atoms with Crippen LogP contribution in [0.4, 0.5) is 15.8 Å². The Morgan fingerprint density at radius 1 is 1.19 bits per heavy atom. The molecule has 1 heterocycles. The Balaban J connectivity index is 1.68. The molecule has 1 unspecified atom stereocenters. The fourth-order valence-electron chi connectivity index (χ4n) is 3.01. The van der Waals surface area contributed by atoms with Gasteiger partial charge in [0.25, 0.3) is 5.91 Å². The summed E-state index contributed by atoms with van der Waals surface area (Å²) in [5.41, 5.74) is 2.21. The number of benzene rings is 2. The Morgan fingerprint density at radius 3 is 2.50 bits per heavy atom. The van der Waals surface area contributed by atoms with Crippen molar-refractivity contribution >= 4 is 23.2 Å². The van der Waals surface area contributed by atoms with Crippen molar-refractivity contribution in [1.29, 1.82) is 0 Å². The van der Waals surface area contributed by atoms with Gasteiger partial charge in [0.1, 0.15) is 12.4 Å². The summed E-state index contributed by atoms with van der Waals surface area (Å²) in [6.45, 7) is 3.04. The predicted octanol–water partition coefficient (Wildman–Crippen LogP) is 3.32. The number of hydrogen-bond donors (Lipinski definition) is 1. The number of morpholine rings is 1. The van der Waals surface area contributed by atoms with Crippen molar-refractivity contribution in [3.63, 3.8) is 0 Å². The van der Waals surface area contributed by atoms with Crippen molar-refractivity contribution in [3.8, 4) is 0 Å². The van der Waals surface area contributed by atoms with Crippen molar-refractivity contribution in [3.05, 3.63) is 59.9 Å². The molecule has 0 spiro atoms. The van der Waals surface area contributed by atoms with Crippen molar-refractivity contribution in [2.75, 3.05) is 30.0 Å². The number of nitrogens with zero attached hydrogens (tertiary/aromatic N) is 1. The maximum Gasteiger partial charge on any atom is 0.253 e. The van der Waals surface area contributed by atoms with Gasteiger partial charge in [-0.05, 0) is 48.4 Å². The quantitative estimate of drug-likeness (QED) is 0.894. The molecule has 2 aromatic rings.